The van der Waals surface area contributed by atoms with Gasteiger partial charge in [-0.05, 0) is 30.5 Å². The van der Waals surface area contributed by atoms with Gasteiger partial charge in [-0.2, -0.15) is 0 Å². The topological polar surface area (TPSA) is 66.5 Å². The van der Waals surface area contributed by atoms with Gasteiger partial charge < -0.3 is 5.32 Å². The lowest BCUT2D eigenvalue weighted by molar-refractivity contribution is -0.142. The number of likely N-dealkylation sites (tertiary alicyclic amines) is 1. The highest BCUT2D eigenvalue weighted by Crippen LogP contribution is 2.45. The number of thioether (sulfide) groups is 2. The molecule has 2 saturated heterocycles. The molecule has 2 atom stereocenters. The molecule has 2 heterocycles. The molecule has 26 heavy (non-hydrogen) atoms. The Hall–Kier alpha value is -1.47. The van der Waals surface area contributed by atoms with Crippen LogP contribution in [0.3, 0.4) is 0 Å². The Balaban J connectivity index is 1.40. The van der Waals surface area contributed by atoms with E-state index in [1.54, 1.807) is 0 Å². The lowest BCUT2D eigenvalue weighted by Gasteiger charge is -2.19. The van der Waals surface area contributed by atoms with E-state index in [0.717, 1.165) is 42.9 Å². The first kappa shape index (κ1) is 17.9. The Morgan fingerprint density at radius 1 is 1.08 bits per heavy atom. The maximum absolute atomic E-state index is 12.5. The predicted molar refractivity (Wildman–Crippen MR) is 105 cm³/mol. The van der Waals surface area contributed by atoms with E-state index in [1.165, 1.54) is 10.5 Å². The van der Waals surface area contributed by atoms with Gasteiger partial charge in [-0.15, -0.1) is 23.5 Å². The Bertz CT molecular complexity index is 709. The third-order valence-corrected chi connectivity index (χ3v) is 8.40. The zero-order chi connectivity index (χ0) is 18.1. The van der Waals surface area contributed by atoms with Gasteiger partial charge in [0.05, 0.1) is 16.4 Å². The molecule has 0 unspecified atom stereocenters. The van der Waals surface area contributed by atoms with Crippen LogP contribution in [0.5, 0.6) is 0 Å². The summed E-state index contributed by atoms with van der Waals surface area (Å²) in [6, 6.07) is 7.84. The van der Waals surface area contributed by atoms with E-state index in [-0.39, 0.29) is 36.1 Å². The van der Waals surface area contributed by atoms with Crippen molar-refractivity contribution in [2.24, 2.45) is 11.8 Å². The number of nitrogens with one attached hydrogen (secondary N) is 1. The van der Waals surface area contributed by atoms with Gasteiger partial charge in [0.2, 0.25) is 17.7 Å². The Labute approximate surface area is 161 Å². The van der Waals surface area contributed by atoms with Crippen LogP contribution in [-0.2, 0) is 14.4 Å². The summed E-state index contributed by atoms with van der Waals surface area (Å²) in [7, 11) is 0. The van der Waals surface area contributed by atoms with Gasteiger partial charge in [0, 0.05) is 17.2 Å². The second kappa shape index (κ2) is 7.64. The molecule has 1 saturated carbocycles. The lowest BCUT2D eigenvalue weighted by Crippen LogP contribution is -2.38. The van der Waals surface area contributed by atoms with Gasteiger partial charge in [-0.1, -0.05) is 25.0 Å². The minimum atomic E-state index is -0.311. The molecule has 2 aliphatic heterocycles. The number of anilines is 1. The number of hydrogen-bond donors (Lipinski definition) is 1. The fourth-order valence-corrected chi connectivity index (χ4v) is 6.88. The molecule has 0 spiro atoms. The predicted octanol–water partition coefficient (Wildman–Crippen LogP) is 3.28. The summed E-state index contributed by atoms with van der Waals surface area (Å²) in [5.41, 5.74) is 1.91. The third-order valence-electron chi connectivity index (χ3n) is 5.30. The van der Waals surface area contributed by atoms with Crippen LogP contribution >= 0.6 is 23.5 Å². The van der Waals surface area contributed by atoms with Crippen molar-refractivity contribution >= 4 is 46.9 Å². The van der Waals surface area contributed by atoms with E-state index in [0.29, 0.717) is 4.58 Å². The molecular formula is C19H22N2O3S2. The molecule has 1 N–H and O–H groups in total. The van der Waals surface area contributed by atoms with Gasteiger partial charge in [-0.3, -0.25) is 19.3 Å². The summed E-state index contributed by atoms with van der Waals surface area (Å²) in [6.45, 7) is -0.179. The Morgan fingerprint density at radius 2 is 1.73 bits per heavy atom. The van der Waals surface area contributed by atoms with Crippen molar-refractivity contribution in [1.82, 2.24) is 4.90 Å². The molecule has 7 heteroatoms. The highest BCUT2D eigenvalue weighted by Gasteiger charge is 2.48. The molecule has 5 nitrogen and oxygen atoms in total. The lowest BCUT2D eigenvalue weighted by atomic mass is 9.81. The second-order valence-corrected chi connectivity index (χ2v) is 9.73. The van der Waals surface area contributed by atoms with Crippen molar-refractivity contribution in [2.45, 2.75) is 30.3 Å². The molecule has 1 aromatic carbocycles. The van der Waals surface area contributed by atoms with E-state index in [2.05, 4.69) is 11.4 Å². The monoisotopic (exact) mass is 390 g/mol. The van der Waals surface area contributed by atoms with Crippen LogP contribution in [0.4, 0.5) is 5.69 Å². The molecule has 0 radical (unpaired) electrons. The first-order valence-electron chi connectivity index (χ1n) is 9.12. The minimum absolute atomic E-state index is 0.164. The molecule has 1 aromatic rings. The van der Waals surface area contributed by atoms with Crippen molar-refractivity contribution in [3.63, 3.8) is 0 Å². The molecule has 0 aromatic heterocycles. The van der Waals surface area contributed by atoms with E-state index < -0.39 is 0 Å². The molecule has 3 fully saturated rings. The summed E-state index contributed by atoms with van der Waals surface area (Å²) in [4.78, 5) is 38.6. The number of benzene rings is 1. The minimum Gasteiger partial charge on any atom is -0.325 e. The van der Waals surface area contributed by atoms with Crippen molar-refractivity contribution in [3.8, 4) is 0 Å². The zero-order valence-corrected chi connectivity index (χ0v) is 16.1. The van der Waals surface area contributed by atoms with E-state index in [4.69, 9.17) is 0 Å². The maximum Gasteiger partial charge on any atom is 0.244 e. The molecular weight excluding hydrogens is 368 g/mol. The summed E-state index contributed by atoms with van der Waals surface area (Å²) < 4.78 is 0.414. The van der Waals surface area contributed by atoms with Crippen LogP contribution in [0.25, 0.3) is 0 Å². The maximum atomic E-state index is 12.5. The number of rotatable bonds is 4. The molecule has 0 bridgehead atoms. The van der Waals surface area contributed by atoms with E-state index in [1.807, 2.05) is 41.7 Å². The van der Waals surface area contributed by atoms with Gasteiger partial charge in [0.25, 0.3) is 0 Å². The second-order valence-electron chi connectivity index (χ2n) is 7.01. The summed E-state index contributed by atoms with van der Waals surface area (Å²) >= 11 is 3.83. The highest BCUT2D eigenvalue weighted by molar-refractivity contribution is 8.19. The van der Waals surface area contributed by atoms with Gasteiger partial charge in [0.15, 0.2) is 0 Å². The number of imide groups is 1. The molecule has 4 rings (SSSR count). The third kappa shape index (κ3) is 3.51. The average molecular weight is 391 g/mol. The fraction of sp³-hybridized carbons (Fsp3) is 0.526. The molecule has 138 valence electrons. The summed E-state index contributed by atoms with van der Waals surface area (Å²) in [5.74, 6) is 1.24. The van der Waals surface area contributed by atoms with Crippen LogP contribution in [0.15, 0.2) is 24.3 Å². The van der Waals surface area contributed by atoms with Crippen LogP contribution < -0.4 is 5.32 Å². The number of fused-ring (bicyclic) bond motifs is 1. The smallest absolute Gasteiger partial charge is 0.244 e. The molecule has 3 aliphatic rings. The van der Waals surface area contributed by atoms with Crippen molar-refractivity contribution in [2.75, 3.05) is 23.4 Å². The first-order valence-corrected chi connectivity index (χ1v) is 11.2. The quantitative estimate of drug-likeness (QED) is 0.799. The number of carbonyl (C=O) groups excluding carboxylic acids is 3. The number of hydrogen-bond acceptors (Lipinski definition) is 5. The average Bonchev–Trinajstić information content (AvgIpc) is 3.26. The zero-order valence-electron chi connectivity index (χ0n) is 14.5. The van der Waals surface area contributed by atoms with Crippen LogP contribution in [0, 0.1) is 11.8 Å². The number of nitrogens with zero attached hydrogens (tertiary/aromatic N) is 1. The molecule has 1 aliphatic carbocycles. The normalized spacial score (nSPS) is 26.2. The van der Waals surface area contributed by atoms with Crippen molar-refractivity contribution in [1.29, 1.82) is 0 Å². The highest BCUT2D eigenvalue weighted by atomic mass is 32.2. The van der Waals surface area contributed by atoms with Gasteiger partial charge in [-0.25, -0.2) is 0 Å². The largest absolute Gasteiger partial charge is 0.325 e. The van der Waals surface area contributed by atoms with Crippen molar-refractivity contribution < 1.29 is 14.4 Å². The van der Waals surface area contributed by atoms with Crippen LogP contribution in [0.1, 0.15) is 35.8 Å². The Kier molecular flexibility index (Phi) is 5.27. The van der Waals surface area contributed by atoms with Crippen molar-refractivity contribution in [3.05, 3.63) is 29.8 Å². The standard InChI is InChI=1S/C19H22N2O3S2/c22-16(11-21-17(23)14-6-1-2-7-15(14)18(21)24)20-13-5-3-4-12(10-13)19-25-8-9-26-19/h3-5,10,14-15,19H,1-2,6-9,11H2,(H,20,22)/t14-,15-/m1/s1. The fourth-order valence-electron chi connectivity index (χ4n) is 4.04. The van der Waals surface area contributed by atoms with E-state index >= 15 is 0 Å². The van der Waals surface area contributed by atoms with Crippen LogP contribution in [-0.4, -0.2) is 40.7 Å². The summed E-state index contributed by atoms with van der Waals surface area (Å²) in [6.07, 6.45) is 3.52. The SMILES string of the molecule is O=C(CN1C(=O)[C@@H]2CCCC[C@H]2C1=O)Nc1cccc(C2SCCS2)c1. The summed E-state index contributed by atoms with van der Waals surface area (Å²) in [5, 5.41) is 2.85. The number of amides is 3. The Morgan fingerprint density at radius 3 is 2.38 bits per heavy atom. The van der Waals surface area contributed by atoms with Gasteiger partial charge >= 0.3 is 0 Å². The molecule has 3 amide bonds. The number of carbonyl (C=O) groups is 3. The van der Waals surface area contributed by atoms with E-state index in [9.17, 15) is 14.4 Å². The van der Waals surface area contributed by atoms with Crippen LogP contribution in [0.2, 0.25) is 0 Å². The first-order chi connectivity index (χ1) is 12.6. The van der Waals surface area contributed by atoms with Gasteiger partial charge in [0.1, 0.15) is 6.54 Å².